The number of nitrogens with one attached hydrogen (secondary N) is 2. The highest BCUT2D eigenvalue weighted by atomic mass is 16.3. The Morgan fingerprint density at radius 2 is 1.06 bits per heavy atom. The number of H-pyrrole nitrogens is 2. The van der Waals surface area contributed by atoms with Gasteiger partial charge in [0.15, 0.2) is 0 Å². The van der Waals surface area contributed by atoms with E-state index in [4.69, 9.17) is 0 Å². The maximum absolute atomic E-state index is 12.6. The molecule has 2 aromatic carbocycles. The Morgan fingerprint density at radius 3 is 1.47 bits per heavy atom. The number of hydrogen-bond donors (Lipinski definition) is 4. The van der Waals surface area contributed by atoms with Gasteiger partial charge in [0, 0.05) is 12.8 Å². The standard InChI is InChI=1S/C25H19N3O4/c29-20-16-13-17-21(30)19(12-15-9-5-2-6-10-15)25(32)28-23(17)26-22(16)27-24(31)18(20)11-14-7-3-1-4-8-14/h1-10,13H,11-12H2,(H4,26,27,28,29,30,31,32). The van der Waals surface area contributed by atoms with Gasteiger partial charge in [-0.25, -0.2) is 4.98 Å². The fourth-order valence-corrected chi connectivity index (χ4v) is 3.90. The van der Waals surface area contributed by atoms with Crippen molar-refractivity contribution in [2.24, 2.45) is 0 Å². The van der Waals surface area contributed by atoms with Crippen LogP contribution in [0.15, 0.2) is 76.3 Å². The molecular weight excluding hydrogens is 406 g/mol. The zero-order valence-corrected chi connectivity index (χ0v) is 16.9. The summed E-state index contributed by atoms with van der Waals surface area (Å²) in [5.74, 6) is -0.394. The van der Waals surface area contributed by atoms with Gasteiger partial charge in [0.2, 0.25) is 0 Å². The zero-order valence-electron chi connectivity index (χ0n) is 16.9. The van der Waals surface area contributed by atoms with Gasteiger partial charge in [0.25, 0.3) is 11.1 Å². The minimum absolute atomic E-state index is 0.127. The Bertz CT molecular complexity index is 1460. The summed E-state index contributed by atoms with van der Waals surface area (Å²) in [6.07, 6.45) is 0.486. The van der Waals surface area contributed by atoms with Crippen molar-refractivity contribution in [2.45, 2.75) is 12.8 Å². The second-order valence-corrected chi connectivity index (χ2v) is 7.67. The van der Waals surface area contributed by atoms with Crippen LogP contribution in [-0.2, 0) is 12.8 Å². The fraction of sp³-hybridized carbons (Fsp3) is 0.0800. The van der Waals surface area contributed by atoms with Crippen molar-refractivity contribution in [3.05, 3.63) is 110 Å². The fourth-order valence-electron chi connectivity index (χ4n) is 3.90. The van der Waals surface area contributed by atoms with E-state index in [9.17, 15) is 19.8 Å². The van der Waals surface area contributed by atoms with E-state index in [0.29, 0.717) is 0 Å². The molecule has 7 nitrogen and oxygen atoms in total. The van der Waals surface area contributed by atoms with Crippen LogP contribution in [-0.4, -0.2) is 25.2 Å². The van der Waals surface area contributed by atoms with Crippen molar-refractivity contribution in [3.63, 3.8) is 0 Å². The van der Waals surface area contributed by atoms with E-state index < -0.39 is 11.1 Å². The van der Waals surface area contributed by atoms with Gasteiger partial charge in [-0.2, -0.15) is 0 Å². The summed E-state index contributed by atoms with van der Waals surface area (Å²) in [4.78, 5) is 34.9. The van der Waals surface area contributed by atoms with E-state index in [1.807, 2.05) is 60.7 Å². The van der Waals surface area contributed by atoms with Gasteiger partial charge in [-0.05, 0) is 17.2 Å². The number of hydrogen-bond acceptors (Lipinski definition) is 5. The van der Waals surface area contributed by atoms with E-state index in [1.165, 1.54) is 6.07 Å². The lowest BCUT2D eigenvalue weighted by Gasteiger charge is -2.11. The van der Waals surface area contributed by atoms with Gasteiger partial charge in [0.1, 0.15) is 22.8 Å². The van der Waals surface area contributed by atoms with Crippen LogP contribution in [0.4, 0.5) is 0 Å². The lowest BCUT2D eigenvalue weighted by Crippen LogP contribution is -2.16. The molecule has 0 bridgehead atoms. The minimum atomic E-state index is -0.460. The molecule has 0 radical (unpaired) electrons. The summed E-state index contributed by atoms with van der Waals surface area (Å²) < 4.78 is 0. The highest BCUT2D eigenvalue weighted by Gasteiger charge is 2.18. The molecule has 7 heteroatoms. The Kier molecular flexibility index (Phi) is 4.71. The quantitative estimate of drug-likeness (QED) is 0.329. The van der Waals surface area contributed by atoms with Crippen LogP contribution in [0.2, 0.25) is 0 Å². The van der Waals surface area contributed by atoms with Crippen LogP contribution in [0.25, 0.3) is 22.1 Å². The molecule has 0 spiro atoms. The SMILES string of the molecule is O=c1[nH]c2nc3[nH]c(=O)c(Cc4ccccc4)c(O)c3cc2c(O)c1Cc1ccccc1. The molecule has 0 saturated heterocycles. The van der Waals surface area contributed by atoms with E-state index in [0.717, 1.165) is 11.1 Å². The van der Waals surface area contributed by atoms with Crippen LogP contribution in [0.3, 0.4) is 0 Å². The zero-order chi connectivity index (χ0) is 22.2. The largest absolute Gasteiger partial charge is 0.507 e. The summed E-state index contributed by atoms with van der Waals surface area (Å²) in [6.45, 7) is 0. The lowest BCUT2D eigenvalue weighted by atomic mass is 10.0. The van der Waals surface area contributed by atoms with Crippen molar-refractivity contribution in [3.8, 4) is 11.5 Å². The van der Waals surface area contributed by atoms with Crippen LogP contribution >= 0.6 is 0 Å². The molecule has 0 aliphatic carbocycles. The smallest absolute Gasteiger partial charge is 0.256 e. The molecule has 0 unspecified atom stereocenters. The molecule has 0 fully saturated rings. The van der Waals surface area contributed by atoms with Gasteiger partial charge < -0.3 is 20.2 Å². The molecule has 4 N–H and O–H groups in total. The summed E-state index contributed by atoms with van der Waals surface area (Å²) >= 11 is 0. The van der Waals surface area contributed by atoms with Gasteiger partial charge >= 0.3 is 0 Å². The third kappa shape index (κ3) is 3.39. The van der Waals surface area contributed by atoms with Crippen molar-refractivity contribution >= 4 is 22.1 Å². The highest BCUT2D eigenvalue weighted by Crippen LogP contribution is 2.32. The summed E-state index contributed by atoms with van der Waals surface area (Å²) in [5, 5.41) is 22.4. The number of fused-ring (bicyclic) bond motifs is 2. The number of rotatable bonds is 4. The predicted molar refractivity (Wildman–Crippen MR) is 122 cm³/mol. The molecule has 158 valence electrons. The number of aromatic amines is 2. The van der Waals surface area contributed by atoms with Crippen molar-refractivity contribution in [1.82, 2.24) is 15.0 Å². The maximum Gasteiger partial charge on any atom is 0.256 e. The van der Waals surface area contributed by atoms with E-state index in [-0.39, 0.29) is 57.5 Å². The first-order chi connectivity index (χ1) is 15.5. The first-order valence-corrected chi connectivity index (χ1v) is 10.1. The predicted octanol–water partition coefficient (Wildman–Crippen LogP) is 3.36. The number of pyridine rings is 3. The van der Waals surface area contributed by atoms with E-state index in [1.54, 1.807) is 0 Å². The molecule has 0 aliphatic rings. The number of benzene rings is 2. The monoisotopic (exact) mass is 425 g/mol. The van der Waals surface area contributed by atoms with Crippen LogP contribution < -0.4 is 11.1 Å². The Labute approximate surface area is 181 Å². The molecule has 5 aromatic rings. The Morgan fingerprint density at radius 1 is 0.656 bits per heavy atom. The van der Waals surface area contributed by atoms with Crippen LogP contribution in [0, 0.1) is 0 Å². The topological polar surface area (TPSA) is 119 Å². The first-order valence-electron chi connectivity index (χ1n) is 10.1. The molecular formula is C25H19N3O4. The minimum Gasteiger partial charge on any atom is -0.507 e. The summed E-state index contributed by atoms with van der Waals surface area (Å²) in [7, 11) is 0. The van der Waals surface area contributed by atoms with Crippen LogP contribution in [0.5, 0.6) is 11.5 Å². The van der Waals surface area contributed by atoms with E-state index >= 15 is 0 Å². The third-order valence-electron chi connectivity index (χ3n) is 5.56. The molecule has 3 aromatic heterocycles. The average Bonchev–Trinajstić information content (AvgIpc) is 2.80. The van der Waals surface area contributed by atoms with Gasteiger partial charge in [-0.1, -0.05) is 60.7 Å². The Hall–Kier alpha value is -4.39. The van der Waals surface area contributed by atoms with Crippen molar-refractivity contribution in [2.75, 3.05) is 0 Å². The van der Waals surface area contributed by atoms with Gasteiger partial charge in [-0.15, -0.1) is 0 Å². The van der Waals surface area contributed by atoms with Crippen LogP contribution in [0.1, 0.15) is 22.3 Å². The average molecular weight is 425 g/mol. The summed E-state index contributed by atoms with van der Waals surface area (Å²) in [5.41, 5.74) is 1.50. The normalized spacial score (nSPS) is 11.2. The second kappa shape index (κ2) is 7.70. The number of aromatic hydroxyl groups is 2. The number of aromatic nitrogens is 3. The van der Waals surface area contributed by atoms with Crippen molar-refractivity contribution in [1.29, 1.82) is 0 Å². The number of nitrogens with zero attached hydrogens (tertiary/aromatic N) is 1. The molecule has 0 atom stereocenters. The molecule has 5 rings (SSSR count). The molecule has 0 amide bonds. The Balaban J connectivity index is 1.69. The molecule has 32 heavy (non-hydrogen) atoms. The second-order valence-electron chi connectivity index (χ2n) is 7.67. The molecule has 0 saturated carbocycles. The maximum atomic E-state index is 12.6. The highest BCUT2D eigenvalue weighted by molar-refractivity contribution is 5.96. The molecule has 3 heterocycles. The summed E-state index contributed by atoms with van der Waals surface area (Å²) in [6, 6.07) is 20.2. The lowest BCUT2D eigenvalue weighted by molar-refractivity contribution is 0.473. The van der Waals surface area contributed by atoms with Gasteiger partial charge in [-0.3, -0.25) is 9.59 Å². The molecule has 0 aliphatic heterocycles. The first kappa shape index (κ1) is 19.6. The van der Waals surface area contributed by atoms with E-state index in [2.05, 4.69) is 15.0 Å². The van der Waals surface area contributed by atoms with Gasteiger partial charge in [0.05, 0.1) is 21.9 Å². The third-order valence-corrected chi connectivity index (χ3v) is 5.56. The van der Waals surface area contributed by atoms with Crippen molar-refractivity contribution < 1.29 is 10.2 Å².